The van der Waals surface area contributed by atoms with Crippen LogP contribution in [-0.4, -0.2) is 13.7 Å². The third-order valence-corrected chi connectivity index (χ3v) is 4.41. The summed E-state index contributed by atoms with van der Waals surface area (Å²) in [5.41, 5.74) is 0.913. The minimum atomic E-state index is -3.51. The molecule has 0 radical (unpaired) electrons. The average Bonchev–Trinajstić information content (AvgIpc) is 2.69. The molecule has 6 heteroatoms. The maximum atomic E-state index is 11.6. The summed E-state index contributed by atoms with van der Waals surface area (Å²) in [4.78, 5) is 0. The number of nitrogens with one attached hydrogen (secondary N) is 1. The second-order valence-corrected chi connectivity index (χ2v) is 5.75. The summed E-state index contributed by atoms with van der Waals surface area (Å²) < 4.78 is 25.5. The largest absolute Gasteiger partial charge is 0.228 e. The number of hydrogen-bond acceptors (Lipinski definition) is 4. The maximum absolute atomic E-state index is 11.6. The fraction of sp³-hybridized carbons (Fsp3) is 0.444. The summed E-state index contributed by atoms with van der Waals surface area (Å²) in [6.45, 7) is 1.93. The predicted octanol–water partition coefficient (Wildman–Crippen LogP) is 1.47. The van der Waals surface area contributed by atoms with Crippen molar-refractivity contribution in [2.24, 2.45) is 0 Å². The molecule has 0 aliphatic carbocycles. The van der Waals surface area contributed by atoms with Gasteiger partial charge >= 0.3 is 0 Å². The van der Waals surface area contributed by atoms with Crippen LogP contribution < -0.4 is 4.72 Å². The molecule has 15 heavy (non-hydrogen) atoms. The lowest BCUT2D eigenvalue weighted by molar-refractivity contribution is 0.572. The van der Waals surface area contributed by atoms with Gasteiger partial charge in [-0.15, -0.1) is 0 Å². The van der Waals surface area contributed by atoms with Crippen LogP contribution in [0.15, 0.2) is 16.8 Å². The lowest BCUT2D eigenvalue weighted by Gasteiger charge is -2.08. The Morgan fingerprint density at radius 2 is 2.40 bits per heavy atom. The Labute approximate surface area is 93.6 Å². The number of nitrogens with zero attached hydrogens (tertiary/aromatic N) is 1. The molecule has 0 saturated heterocycles. The SMILES string of the molecule is CCC(C#N)S(=O)(=O)NCc1ccsc1. The number of nitriles is 1. The Morgan fingerprint density at radius 1 is 1.67 bits per heavy atom. The fourth-order valence-corrected chi connectivity index (χ4v) is 2.87. The summed E-state index contributed by atoms with van der Waals surface area (Å²) >= 11 is 1.51. The Balaban J connectivity index is 2.62. The van der Waals surface area contributed by atoms with E-state index < -0.39 is 15.3 Å². The van der Waals surface area contributed by atoms with Gasteiger partial charge in [0, 0.05) is 6.54 Å². The van der Waals surface area contributed by atoms with Gasteiger partial charge in [-0.25, -0.2) is 13.1 Å². The molecule has 1 aromatic heterocycles. The summed E-state index contributed by atoms with van der Waals surface area (Å²) in [6.07, 6.45) is 0.301. The zero-order valence-corrected chi connectivity index (χ0v) is 9.94. The van der Waals surface area contributed by atoms with E-state index in [1.165, 1.54) is 11.3 Å². The van der Waals surface area contributed by atoms with Gasteiger partial charge in [-0.05, 0) is 28.8 Å². The van der Waals surface area contributed by atoms with E-state index in [0.29, 0.717) is 6.42 Å². The zero-order chi connectivity index (χ0) is 11.3. The molecular formula is C9H12N2O2S2. The number of rotatable bonds is 5. The van der Waals surface area contributed by atoms with E-state index in [4.69, 9.17) is 5.26 Å². The Kier molecular flexibility index (Phi) is 4.27. The number of sulfonamides is 1. The maximum Gasteiger partial charge on any atom is 0.228 e. The van der Waals surface area contributed by atoms with Crippen molar-refractivity contribution < 1.29 is 8.42 Å². The highest BCUT2D eigenvalue weighted by molar-refractivity contribution is 7.90. The molecule has 0 aliphatic rings. The molecule has 1 unspecified atom stereocenters. The molecule has 0 saturated carbocycles. The van der Waals surface area contributed by atoms with E-state index >= 15 is 0 Å². The first kappa shape index (κ1) is 12.2. The topological polar surface area (TPSA) is 70.0 Å². The van der Waals surface area contributed by atoms with Crippen molar-refractivity contribution in [1.82, 2.24) is 4.72 Å². The lowest BCUT2D eigenvalue weighted by Crippen LogP contribution is -2.32. The fourth-order valence-electron chi connectivity index (χ4n) is 1.06. The molecule has 1 rings (SSSR count). The summed E-state index contributed by atoms with van der Waals surface area (Å²) in [5.74, 6) is 0. The van der Waals surface area contributed by atoms with Gasteiger partial charge in [0.1, 0.15) is 0 Å². The van der Waals surface area contributed by atoms with Crippen LogP contribution >= 0.6 is 11.3 Å². The molecule has 0 aromatic carbocycles. The molecule has 0 amide bonds. The molecule has 82 valence electrons. The summed E-state index contributed by atoms with van der Waals surface area (Å²) in [5, 5.41) is 11.4. The van der Waals surface area contributed by atoms with Gasteiger partial charge in [0.2, 0.25) is 10.0 Å². The van der Waals surface area contributed by atoms with Crippen molar-refractivity contribution in [3.63, 3.8) is 0 Å². The third-order valence-electron chi connectivity index (χ3n) is 1.95. The van der Waals surface area contributed by atoms with Crippen molar-refractivity contribution in [2.45, 2.75) is 25.1 Å². The minimum Gasteiger partial charge on any atom is -0.211 e. The van der Waals surface area contributed by atoms with E-state index in [2.05, 4.69) is 4.72 Å². The van der Waals surface area contributed by atoms with Gasteiger partial charge in [-0.3, -0.25) is 0 Å². The monoisotopic (exact) mass is 244 g/mol. The number of hydrogen-bond donors (Lipinski definition) is 1. The van der Waals surface area contributed by atoms with Gasteiger partial charge in [0.15, 0.2) is 5.25 Å². The van der Waals surface area contributed by atoms with Crippen molar-refractivity contribution in [3.05, 3.63) is 22.4 Å². The van der Waals surface area contributed by atoms with E-state index in [1.54, 1.807) is 13.0 Å². The first-order valence-corrected chi connectivity index (χ1v) is 6.98. The molecule has 4 nitrogen and oxygen atoms in total. The van der Waals surface area contributed by atoms with Crippen molar-refractivity contribution in [2.75, 3.05) is 0 Å². The second-order valence-electron chi connectivity index (χ2n) is 3.02. The van der Waals surface area contributed by atoms with Crippen LogP contribution in [0.5, 0.6) is 0 Å². The van der Waals surface area contributed by atoms with Crippen LogP contribution in [0.25, 0.3) is 0 Å². The molecular weight excluding hydrogens is 232 g/mol. The van der Waals surface area contributed by atoms with Crippen LogP contribution in [0.2, 0.25) is 0 Å². The van der Waals surface area contributed by atoms with Crippen LogP contribution in [0.1, 0.15) is 18.9 Å². The van der Waals surface area contributed by atoms with Gasteiger partial charge < -0.3 is 0 Å². The third kappa shape index (κ3) is 3.30. The van der Waals surface area contributed by atoms with Crippen molar-refractivity contribution in [1.29, 1.82) is 5.26 Å². The van der Waals surface area contributed by atoms with Crippen LogP contribution in [0.4, 0.5) is 0 Å². The highest BCUT2D eigenvalue weighted by Crippen LogP contribution is 2.08. The standard InChI is InChI=1S/C9H12N2O2S2/c1-2-9(5-10)15(12,13)11-6-8-3-4-14-7-8/h3-4,7,9,11H,2,6H2,1H3. The van der Waals surface area contributed by atoms with E-state index in [0.717, 1.165) is 5.56 Å². The molecule has 1 N–H and O–H groups in total. The van der Waals surface area contributed by atoms with Crippen LogP contribution in [0, 0.1) is 11.3 Å². The molecule has 1 aromatic rings. The Morgan fingerprint density at radius 3 is 2.87 bits per heavy atom. The van der Waals surface area contributed by atoms with Gasteiger partial charge in [-0.1, -0.05) is 6.92 Å². The average molecular weight is 244 g/mol. The van der Waals surface area contributed by atoms with E-state index in [1.807, 2.05) is 16.8 Å². The minimum absolute atomic E-state index is 0.254. The quantitative estimate of drug-likeness (QED) is 0.852. The Hall–Kier alpha value is -0.900. The highest BCUT2D eigenvalue weighted by Gasteiger charge is 2.22. The first-order chi connectivity index (χ1) is 7.10. The number of thiophene rings is 1. The smallest absolute Gasteiger partial charge is 0.211 e. The summed E-state index contributed by atoms with van der Waals surface area (Å²) in [7, 11) is -3.51. The van der Waals surface area contributed by atoms with Crippen LogP contribution in [-0.2, 0) is 16.6 Å². The van der Waals surface area contributed by atoms with Gasteiger partial charge in [0.05, 0.1) is 6.07 Å². The highest BCUT2D eigenvalue weighted by atomic mass is 32.2. The molecule has 1 atom stereocenters. The Bertz CT molecular complexity index is 431. The molecule has 0 bridgehead atoms. The second kappa shape index (κ2) is 5.26. The molecule has 1 heterocycles. The predicted molar refractivity (Wildman–Crippen MR) is 59.8 cm³/mol. The van der Waals surface area contributed by atoms with Gasteiger partial charge in [0.25, 0.3) is 0 Å². The van der Waals surface area contributed by atoms with Crippen molar-refractivity contribution in [3.8, 4) is 6.07 Å². The molecule has 0 aliphatic heterocycles. The summed E-state index contributed by atoms with van der Waals surface area (Å²) in [6, 6.07) is 3.62. The molecule has 0 spiro atoms. The van der Waals surface area contributed by atoms with E-state index in [-0.39, 0.29) is 6.54 Å². The first-order valence-electron chi connectivity index (χ1n) is 4.49. The van der Waals surface area contributed by atoms with E-state index in [9.17, 15) is 8.42 Å². The molecule has 0 fully saturated rings. The van der Waals surface area contributed by atoms with Crippen LogP contribution in [0.3, 0.4) is 0 Å². The zero-order valence-electron chi connectivity index (χ0n) is 8.30. The van der Waals surface area contributed by atoms with Crippen molar-refractivity contribution >= 4 is 21.4 Å². The normalized spacial score (nSPS) is 13.3. The van der Waals surface area contributed by atoms with Gasteiger partial charge in [-0.2, -0.15) is 16.6 Å². The lowest BCUT2D eigenvalue weighted by atomic mass is 10.4.